The van der Waals surface area contributed by atoms with Crippen LogP contribution < -0.4 is 10.1 Å². The van der Waals surface area contributed by atoms with Crippen LogP contribution in [-0.4, -0.2) is 17.6 Å². The molecule has 0 fully saturated rings. The highest BCUT2D eigenvalue weighted by Crippen LogP contribution is 2.31. The highest BCUT2D eigenvalue weighted by molar-refractivity contribution is 5.95. The molecule has 2 N–H and O–H groups in total. The van der Waals surface area contributed by atoms with Crippen molar-refractivity contribution in [2.45, 2.75) is 6.61 Å². The van der Waals surface area contributed by atoms with E-state index >= 15 is 0 Å². The van der Waals surface area contributed by atoms with Gasteiger partial charge in [0.1, 0.15) is 5.75 Å². The van der Waals surface area contributed by atoms with Crippen molar-refractivity contribution >= 4 is 11.6 Å². The Morgan fingerprint density at radius 1 is 1.54 bits per heavy atom. The number of ether oxygens (including phenoxy) is 1. The van der Waals surface area contributed by atoms with Crippen molar-refractivity contribution in [2.24, 2.45) is 0 Å². The van der Waals surface area contributed by atoms with Crippen LogP contribution in [0.25, 0.3) is 0 Å². The second-order valence-electron chi connectivity index (χ2n) is 2.79. The molecule has 0 radical (unpaired) electrons. The van der Waals surface area contributed by atoms with Crippen LogP contribution >= 0.6 is 0 Å². The van der Waals surface area contributed by atoms with E-state index < -0.39 is 0 Å². The molecule has 1 aromatic carbocycles. The monoisotopic (exact) mass is 179 g/mol. The molecule has 0 unspecified atom stereocenters. The molecule has 1 aliphatic heterocycles. The minimum Gasteiger partial charge on any atom is -0.481 e. The quantitative estimate of drug-likeness (QED) is 0.660. The number of aliphatic hydroxyl groups excluding tert-OH is 1. The van der Waals surface area contributed by atoms with Gasteiger partial charge in [0.2, 0.25) is 0 Å². The van der Waals surface area contributed by atoms with E-state index in [0.717, 1.165) is 0 Å². The summed E-state index contributed by atoms with van der Waals surface area (Å²) >= 11 is 0. The summed E-state index contributed by atoms with van der Waals surface area (Å²) in [7, 11) is 0. The summed E-state index contributed by atoms with van der Waals surface area (Å²) in [6, 6.07) is 5.27. The van der Waals surface area contributed by atoms with Gasteiger partial charge < -0.3 is 15.2 Å². The fourth-order valence-corrected chi connectivity index (χ4v) is 1.30. The summed E-state index contributed by atoms with van der Waals surface area (Å²) in [5, 5.41) is 11.6. The minimum absolute atomic E-state index is 0.0179. The van der Waals surface area contributed by atoms with E-state index in [-0.39, 0.29) is 19.1 Å². The second kappa shape index (κ2) is 3.06. The molecule has 0 aliphatic carbocycles. The highest BCUT2D eigenvalue weighted by Gasteiger charge is 2.17. The number of carbonyl (C=O) groups excluding carboxylic acids is 1. The lowest BCUT2D eigenvalue weighted by atomic mass is 10.1. The van der Waals surface area contributed by atoms with Crippen molar-refractivity contribution < 1.29 is 14.6 Å². The Kier molecular flexibility index (Phi) is 1.90. The van der Waals surface area contributed by atoms with Gasteiger partial charge in [-0.3, -0.25) is 4.79 Å². The number of benzene rings is 1. The first-order valence-corrected chi connectivity index (χ1v) is 3.96. The van der Waals surface area contributed by atoms with Crippen LogP contribution in [0.2, 0.25) is 0 Å². The molecule has 1 aromatic rings. The largest absolute Gasteiger partial charge is 0.481 e. The van der Waals surface area contributed by atoms with Crippen molar-refractivity contribution in [2.75, 3.05) is 11.9 Å². The topological polar surface area (TPSA) is 58.6 Å². The lowest BCUT2D eigenvalue weighted by molar-refractivity contribution is -0.118. The molecule has 0 saturated carbocycles. The summed E-state index contributed by atoms with van der Waals surface area (Å²) < 4.78 is 5.19. The van der Waals surface area contributed by atoms with E-state index in [0.29, 0.717) is 17.0 Å². The molecular weight excluding hydrogens is 170 g/mol. The summed E-state index contributed by atoms with van der Waals surface area (Å²) in [5.41, 5.74) is 1.32. The molecule has 1 amide bonds. The summed E-state index contributed by atoms with van der Waals surface area (Å²) in [6.07, 6.45) is 0. The molecule has 4 heteroatoms. The van der Waals surface area contributed by atoms with E-state index in [4.69, 9.17) is 9.84 Å². The highest BCUT2D eigenvalue weighted by atomic mass is 16.5. The first kappa shape index (κ1) is 8.07. The maximum absolute atomic E-state index is 10.9. The smallest absolute Gasteiger partial charge is 0.262 e. The van der Waals surface area contributed by atoms with E-state index in [1.165, 1.54) is 0 Å². The van der Waals surface area contributed by atoms with Gasteiger partial charge in [0.25, 0.3) is 5.91 Å². The van der Waals surface area contributed by atoms with Gasteiger partial charge in [-0.25, -0.2) is 0 Å². The van der Waals surface area contributed by atoms with E-state index in [9.17, 15) is 4.79 Å². The second-order valence-corrected chi connectivity index (χ2v) is 2.79. The molecule has 13 heavy (non-hydrogen) atoms. The molecule has 0 atom stereocenters. The number of para-hydroxylation sites is 1. The zero-order valence-electron chi connectivity index (χ0n) is 6.91. The van der Waals surface area contributed by atoms with Gasteiger partial charge in [-0.2, -0.15) is 0 Å². The van der Waals surface area contributed by atoms with Crippen LogP contribution in [0, 0.1) is 0 Å². The van der Waals surface area contributed by atoms with Crippen LogP contribution in [0.1, 0.15) is 5.56 Å². The third kappa shape index (κ3) is 1.36. The molecule has 0 saturated heterocycles. The Morgan fingerprint density at radius 3 is 3.15 bits per heavy atom. The van der Waals surface area contributed by atoms with Gasteiger partial charge in [0.15, 0.2) is 6.61 Å². The third-order valence-electron chi connectivity index (χ3n) is 1.89. The molecule has 0 bridgehead atoms. The van der Waals surface area contributed by atoms with Gasteiger partial charge >= 0.3 is 0 Å². The number of fused-ring (bicyclic) bond motifs is 1. The Labute approximate surface area is 75.1 Å². The van der Waals surface area contributed by atoms with Crippen molar-refractivity contribution in [3.8, 4) is 5.75 Å². The lowest BCUT2D eigenvalue weighted by Gasteiger charge is -2.19. The summed E-state index contributed by atoms with van der Waals surface area (Å²) in [4.78, 5) is 10.9. The SMILES string of the molecule is O=C1COc2c(CO)cccc2N1. The number of anilines is 1. The van der Waals surface area contributed by atoms with Gasteiger partial charge in [-0.1, -0.05) is 12.1 Å². The molecule has 4 nitrogen and oxygen atoms in total. The Balaban J connectivity index is 2.45. The fourth-order valence-electron chi connectivity index (χ4n) is 1.30. The van der Waals surface area contributed by atoms with Crippen LogP contribution in [0.15, 0.2) is 18.2 Å². The molecule has 1 heterocycles. The number of amides is 1. The van der Waals surface area contributed by atoms with Gasteiger partial charge in [0, 0.05) is 5.56 Å². The van der Waals surface area contributed by atoms with Crippen molar-refractivity contribution in [3.05, 3.63) is 23.8 Å². The molecule has 68 valence electrons. The maximum atomic E-state index is 10.9. The number of hydrogen-bond acceptors (Lipinski definition) is 3. The van der Waals surface area contributed by atoms with E-state index in [2.05, 4.69) is 5.32 Å². The van der Waals surface area contributed by atoms with E-state index in [1.54, 1.807) is 18.2 Å². The van der Waals surface area contributed by atoms with Gasteiger partial charge in [-0.15, -0.1) is 0 Å². The predicted molar refractivity (Wildman–Crippen MR) is 46.5 cm³/mol. The molecule has 0 aromatic heterocycles. The third-order valence-corrected chi connectivity index (χ3v) is 1.89. The van der Waals surface area contributed by atoms with Crippen molar-refractivity contribution in [3.63, 3.8) is 0 Å². The van der Waals surface area contributed by atoms with Crippen LogP contribution in [0.3, 0.4) is 0 Å². The molecular formula is C9H9NO3. The molecule has 2 rings (SSSR count). The minimum atomic E-state index is -0.164. The number of hydrogen-bond donors (Lipinski definition) is 2. The summed E-state index contributed by atoms with van der Waals surface area (Å²) in [6.45, 7) is -0.0664. The van der Waals surface area contributed by atoms with Crippen LogP contribution in [0.5, 0.6) is 5.75 Å². The standard InChI is InChI=1S/C9H9NO3/c11-4-6-2-1-3-7-9(6)13-5-8(12)10-7/h1-3,11H,4-5H2,(H,10,12). The zero-order chi connectivity index (χ0) is 9.26. The number of nitrogens with one attached hydrogen (secondary N) is 1. The number of rotatable bonds is 1. The van der Waals surface area contributed by atoms with Gasteiger partial charge in [-0.05, 0) is 6.07 Å². The Morgan fingerprint density at radius 2 is 2.38 bits per heavy atom. The van der Waals surface area contributed by atoms with Gasteiger partial charge in [0.05, 0.1) is 12.3 Å². The van der Waals surface area contributed by atoms with E-state index in [1.807, 2.05) is 0 Å². The summed E-state index contributed by atoms with van der Waals surface area (Å²) in [5.74, 6) is 0.409. The molecule has 1 aliphatic rings. The zero-order valence-corrected chi connectivity index (χ0v) is 6.91. The van der Waals surface area contributed by atoms with Crippen molar-refractivity contribution in [1.29, 1.82) is 0 Å². The lowest BCUT2D eigenvalue weighted by Crippen LogP contribution is -2.25. The maximum Gasteiger partial charge on any atom is 0.262 e. The predicted octanol–water partition coefficient (Wildman–Crippen LogP) is 0.510. The van der Waals surface area contributed by atoms with Crippen LogP contribution in [0.4, 0.5) is 5.69 Å². The number of aliphatic hydroxyl groups is 1. The van der Waals surface area contributed by atoms with Crippen LogP contribution in [-0.2, 0) is 11.4 Å². The van der Waals surface area contributed by atoms with Crippen molar-refractivity contribution in [1.82, 2.24) is 0 Å². The number of carbonyl (C=O) groups is 1. The first-order chi connectivity index (χ1) is 6.31. The normalized spacial score (nSPS) is 14.4. The first-order valence-electron chi connectivity index (χ1n) is 3.96. The average molecular weight is 179 g/mol. The Hall–Kier alpha value is -1.55. The average Bonchev–Trinajstić information content (AvgIpc) is 2.16. The molecule has 0 spiro atoms. The fraction of sp³-hybridized carbons (Fsp3) is 0.222. The Bertz CT molecular complexity index is 349.